The number of aryl methyl sites for hydroxylation is 2. The summed E-state index contributed by atoms with van der Waals surface area (Å²) < 4.78 is 10.8. The summed E-state index contributed by atoms with van der Waals surface area (Å²) in [6.07, 6.45) is -1.09. The number of ether oxygens (including phenoxy) is 2. The van der Waals surface area contributed by atoms with Crippen LogP contribution in [0.4, 0.5) is 5.69 Å². The number of hydrogen-bond donors (Lipinski definition) is 1. The van der Waals surface area contributed by atoms with Gasteiger partial charge in [0.25, 0.3) is 5.91 Å². The van der Waals surface area contributed by atoms with Gasteiger partial charge in [0.05, 0.1) is 12.7 Å². The van der Waals surface area contributed by atoms with E-state index in [9.17, 15) is 9.59 Å². The fourth-order valence-electron chi connectivity index (χ4n) is 2.85. The van der Waals surface area contributed by atoms with E-state index in [2.05, 4.69) is 5.32 Å². The van der Waals surface area contributed by atoms with Gasteiger partial charge in [0.2, 0.25) is 6.10 Å². The maximum Gasteiger partial charge on any atom is 0.339 e. The van der Waals surface area contributed by atoms with E-state index in [0.29, 0.717) is 22.6 Å². The molecule has 0 fully saturated rings. The smallest absolute Gasteiger partial charge is 0.339 e. The second kappa shape index (κ2) is 9.06. The summed E-state index contributed by atoms with van der Waals surface area (Å²) in [5.41, 5.74) is 3.61. The number of nitrogens with one attached hydrogen (secondary N) is 1. The van der Waals surface area contributed by atoms with E-state index in [1.165, 1.54) is 0 Å². The van der Waals surface area contributed by atoms with Crippen LogP contribution in [-0.4, -0.2) is 19.0 Å². The highest BCUT2D eigenvalue weighted by Gasteiger charge is 2.26. The fourth-order valence-corrected chi connectivity index (χ4v) is 2.85. The van der Waals surface area contributed by atoms with Crippen molar-refractivity contribution in [3.8, 4) is 5.75 Å². The molecule has 0 saturated carbocycles. The van der Waals surface area contributed by atoms with Crippen LogP contribution in [0.5, 0.6) is 5.75 Å². The van der Waals surface area contributed by atoms with Crippen LogP contribution >= 0.6 is 0 Å². The summed E-state index contributed by atoms with van der Waals surface area (Å²) in [6.45, 7) is 3.90. The molecule has 0 heterocycles. The molecule has 5 heteroatoms. The third-order valence-corrected chi connectivity index (χ3v) is 4.65. The molecular formula is C24H23NO4. The predicted molar refractivity (Wildman–Crippen MR) is 112 cm³/mol. The van der Waals surface area contributed by atoms with E-state index in [1.54, 1.807) is 67.8 Å². The topological polar surface area (TPSA) is 64.6 Å². The van der Waals surface area contributed by atoms with E-state index in [1.807, 2.05) is 26.0 Å². The average molecular weight is 389 g/mol. The molecule has 0 aliphatic heterocycles. The highest BCUT2D eigenvalue weighted by atomic mass is 16.5. The first-order valence-corrected chi connectivity index (χ1v) is 9.26. The molecule has 3 aromatic rings. The molecule has 29 heavy (non-hydrogen) atoms. The number of benzene rings is 3. The van der Waals surface area contributed by atoms with E-state index < -0.39 is 18.0 Å². The standard InChI is InChI=1S/C24H23NO4/c1-16-12-13-19(14-17(16)2)24(27)29-22(18-8-5-4-6-9-18)23(26)25-20-10-7-11-21(15-20)28-3/h4-15,22H,1-3H3,(H,25,26). The quantitative estimate of drug-likeness (QED) is 0.612. The molecule has 5 nitrogen and oxygen atoms in total. The molecule has 0 bridgehead atoms. The molecule has 3 aromatic carbocycles. The minimum atomic E-state index is -1.09. The van der Waals surface area contributed by atoms with Gasteiger partial charge in [-0.05, 0) is 49.2 Å². The lowest BCUT2D eigenvalue weighted by atomic mass is 10.1. The maximum absolute atomic E-state index is 13.0. The molecule has 1 atom stereocenters. The number of hydrogen-bond acceptors (Lipinski definition) is 4. The Kier molecular flexibility index (Phi) is 6.29. The molecule has 1 N–H and O–H groups in total. The Hall–Kier alpha value is -3.60. The van der Waals surface area contributed by atoms with Crippen molar-refractivity contribution in [3.05, 3.63) is 95.1 Å². The Labute approximate surface area is 170 Å². The Bertz CT molecular complexity index is 1010. The number of esters is 1. The van der Waals surface area contributed by atoms with Crippen LogP contribution in [0.25, 0.3) is 0 Å². The van der Waals surface area contributed by atoms with Gasteiger partial charge >= 0.3 is 5.97 Å². The van der Waals surface area contributed by atoms with Crippen molar-refractivity contribution in [1.82, 2.24) is 0 Å². The summed E-state index contributed by atoms with van der Waals surface area (Å²) in [5.74, 6) is -0.379. The number of carbonyl (C=O) groups excluding carboxylic acids is 2. The van der Waals surface area contributed by atoms with Gasteiger partial charge in [0, 0.05) is 17.3 Å². The molecule has 1 unspecified atom stereocenters. The van der Waals surface area contributed by atoms with Crippen LogP contribution in [0, 0.1) is 13.8 Å². The van der Waals surface area contributed by atoms with Crippen molar-refractivity contribution < 1.29 is 19.1 Å². The SMILES string of the molecule is COc1cccc(NC(=O)C(OC(=O)c2ccc(C)c(C)c2)c2ccccc2)c1. The zero-order valence-electron chi connectivity index (χ0n) is 16.6. The third kappa shape index (κ3) is 5.02. The summed E-state index contributed by atoms with van der Waals surface area (Å²) in [5, 5.41) is 2.80. The Morgan fingerprint density at radius 1 is 0.862 bits per heavy atom. The van der Waals surface area contributed by atoms with Crippen molar-refractivity contribution in [2.24, 2.45) is 0 Å². The summed E-state index contributed by atoms with van der Waals surface area (Å²) in [4.78, 5) is 25.7. The predicted octanol–water partition coefficient (Wildman–Crippen LogP) is 4.85. The lowest BCUT2D eigenvalue weighted by molar-refractivity contribution is -0.125. The Morgan fingerprint density at radius 2 is 1.62 bits per heavy atom. The first-order chi connectivity index (χ1) is 14.0. The summed E-state index contributed by atoms with van der Waals surface area (Å²) in [7, 11) is 1.55. The van der Waals surface area contributed by atoms with Gasteiger partial charge in [0.15, 0.2) is 0 Å². The molecule has 0 aliphatic carbocycles. The van der Waals surface area contributed by atoms with Gasteiger partial charge in [-0.1, -0.05) is 42.5 Å². The van der Waals surface area contributed by atoms with E-state index >= 15 is 0 Å². The zero-order valence-corrected chi connectivity index (χ0v) is 16.6. The molecular weight excluding hydrogens is 366 g/mol. The van der Waals surface area contributed by atoms with Gasteiger partial charge in [-0.3, -0.25) is 4.79 Å². The first kappa shape index (κ1) is 20.1. The van der Waals surface area contributed by atoms with Crippen molar-refractivity contribution >= 4 is 17.6 Å². The molecule has 3 rings (SSSR count). The van der Waals surface area contributed by atoms with Crippen molar-refractivity contribution in [2.75, 3.05) is 12.4 Å². The maximum atomic E-state index is 13.0. The normalized spacial score (nSPS) is 11.4. The fraction of sp³-hybridized carbons (Fsp3) is 0.167. The number of rotatable bonds is 6. The monoisotopic (exact) mass is 389 g/mol. The number of carbonyl (C=O) groups is 2. The zero-order chi connectivity index (χ0) is 20.8. The Morgan fingerprint density at radius 3 is 2.31 bits per heavy atom. The molecule has 148 valence electrons. The first-order valence-electron chi connectivity index (χ1n) is 9.26. The third-order valence-electron chi connectivity index (χ3n) is 4.65. The van der Waals surface area contributed by atoms with Gasteiger partial charge in [0.1, 0.15) is 5.75 Å². The summed E-state index contributed by atoms with van der Waals surface area (Å²) >= 11 is 0. The number of amides is 1. The highest BCUT2D eigenvalue weighted by molar-refractivity contribution is 5.98. The lowest BCUT2D eigenvalue weighted by Crippen LogP contribution is -2.26. The van der Waals surface area contributed by atoms with Gasteiger partial charge in [-0.15, -0.1) is 0 Å². The molecule has 0 aromatic heterocycles. The molecule has 0 saturated heterocycles. The van der Waals surface area contributed by atoms with Gasteiger partial charge in [-0.2, -0.15) is 0 Å². The minimum absolute atomic E-state index is 0.406. The van der Waals surface area contributed by atoms with Crippen LogP contribution in [0.1, 0.15) is 33.2 Å². The van der Waals surface area contributed by atoms with Crippen molar-refractivity contribution in [2.45, 2.75) is 20.0 Å². The highest BCUT2D eigenvalue weighted by Crippen LogP contribution is 2.24. The molecule has 0 radical (unpaired) electrons. The van der Waals surface area contributed by atoms with Gasteiger partial charge in [-0.25, -0.2) is 4.79 Å². The molecule has 0 spiro atoms. The van der Waals surface area contributed by atoms with E-state index in [-0.39, 0.29) is 0 Å². The Balaban J connectivity index is 1.85. The lowest BCUT2D eigenvalue weighted by Gasteiger charge is -2.18. The number of methoxy groups -OCH3 is 1. The van der Waals surface area contributed by atoms with Gasteiger partial charge < -0.3 is 14.8 Å². The largest absolute Gasteiger partial charge is 0.497 e. The van der Waals surface area contributed by atoms with E-state index in [0.717, 1.165) is 11.1 Å². The average Bonchev–Trinajstić information content (AvgIpc) is 2.74. The summed E-state index contributed by atoms with van der Waals surface area (Å²) in [6, 6.07) is 21.3. The van der Waals surface area contributed by atoms with Crippen molar-refractivity contribution in [3.63, 3.8) is 0 Å². The van der Waals surface area contributed by atoms with Crippen LogP contribution in [-0.2, 0) is 9.53 Å². The van der Waals surface area contributed by atoms with Crippen LogP contribution < -0.4 is 10.1 Å². The van der Waals surface area contributed by atoms with E-state index in [4.69, 9.17) is 9.47 Å². The van der Waals surface area contributed by atoms with Crippen LogP contribution in [0.2, 0.25) is 0 Å². The molecule has 1 amide bonds. The number of anilines is 1. The van der Waals surface area contributed by atoms with Crippen molar-refractivity contribution in [1.29, 1.82) is 0 Å². The minimum Gasteiger partial charge on any atom is -0.497 e. The second-order valence-electron chi connectivity index (χ2n) is 6.72. The molecule has 0 aliphatic rings. The second-order valence-corrected chi connectivity index (χ2v) is 6.72. The van der Waals surface area contributed by atoms with Crippen LogP contribution in [0.15, 0.2) is 72.8 Å². The van der Waals surface area contributed by atoms with Crippen LogP contribution in [0.3, 0.4) is 0 Å².